The molecule has 0 aliphatic rings. The van der Waals surface area contributed by atoms with Crippen molar-refractivity contribution in [1.82, 2.24) is 10.3 Å². The minimum Gasteiger partial charge on any atom is -0.437 e. The van der Waals surface area contributed by atoms with Gasteiger partial charge in [-0.05, 0) is 26.7 Å². The van der Waals surface area contributed by atoms with Crippen molar-refractivity contribution in [3.05, 3.63) is 11.5 Å². The SMILES string of the molecule is Cc1nc(SC(C)C(=O)NCC(C)C)oc1C. The summed E-state index contributed by atoms with van der Waals surface area (Å²) < 4.78 is 5.43. The molecule has 17 heavy (non-hydrogen) atoms. The van der Waals surface area contributed by atoms with Crippen molar-refractivity contribution < 1.29 is 9.21 Å². The number of thioether (sulfide) groups is 1. The van der Waals surface area contributed by atoms with Gasteiger partial charge in [-0.3, -0.25) is 4.79 Å². The molecule has 1 atom stereocenters. The molecule has 5 heteroatoms. The Labute approximate surface area is 107 Å². The molecular weight excluding hydrogens is 236 g/mol. The van der Waals surface area contributed by atoms with Crippen molar-refractivity contribution in [2.75, 3.05) is 6.54 Å². The van der Waals surface area contributed by atoms with E-state index in [4.69, 9.17) is 4.42 Å². The van der Waals surface area contributed by atoms with Crippen LogP contribution >= 0.6 is 11.8 Å². The van der Waals surface area contributed by atoms with Crippen LogP contribution in [0.25, 0.3) is 0 Å². The van der Waals surface area contributed by atoms with Crippen LogP contribution in [-0.2, 0) is 4.79 Å². The van der Waals surface area contributed by atoms with Crippen LogP contribution in [0.3, 0.4) is 0 Å². The number of carbonyl (C=O) groups is 1. The number of nitrogens with one attached hydrogen (secondary N) is 1. The lowest BCUT2D eigenvalue weighted by molar-refractivity contribution is -0.120. The summed E-state index contributed by atoms with van der Waals surface area (Å²) in [5.41, 5.74) is 0.877. The number of carbonyl (C=O) groups excluding carboxylic acids is 1. The Bertz CT molecular complexity index is 368. The van der Waals surface area contributed by atoms with Crippen molar-refractivity contribution in [1.29, 1.82) is 0 Å². The summed E-state index contributed by atoms with van der Waals surface area (Å²) in [6, 6.07) is 0. The van der Waals surface area contributed by atoms with Gasteiger partial charge in [-0.1, -0.05) is 25.6 Å². The molecule has 0 radical (unpaired) electrons. The fraction of sp³-hybridized carbons (Fsp3) is 0.667. The fourth-order valence-corrected chi connectivity index (χ4v) is 2.00. The maximum atomic E-state index is 11.7. The molecular formula is C12H20N2O2S. The third-order valence-electron chi connectivity index (χ3n) is 2.34. The Morgan fingerprint density at radius 3 is 2.53 bits per heavy atom. The van der Waals surface area contributed by atoms with Gasteiger partial charge in [-0.2, -0.15) is 0 Å². The molecule has 1 unspecified atom stereocenters. The summed E-state index contributed by atoms with van der Waals surface area (Å²) in [7, 11) is 0. The zero-order valence-electron chi connectivity index (χ0n) is 11.0. The van der Waals surface area contributed by atoms with Gasteiger partial charge in [0.05, 0.1) is 10.9 Å². The predicted molar refractivity (Wildman–Crippen MR) is 69.1 cm³/mol. The number of hydrogen-bond acceptors (Lipinski definition) is 4. The van der Waals surface area contributed by atoms with Gasteiger partial charge < -0.3 is 9.73 Å². The smallest absolute Gasteiger partial charge is 0.256 e. The normalized spacial score (nSPS) is 12.8. The van der Waals surface area contributed by atoms with Crippen LogP contribution in [0.1, 0.15) is 32.2 Å². The molecule has 1 N–H and O–H groups in total. The Morgan fingerprint density at radius 2 is 2.06 bits per heavy atom. The summed E-state index contributed by atoms with van der Waals surface area (Å²) in [6.45, 7) is 10.5. The first-order valence-electron chi connectivity index (χ1n) is 5.78. The number of nitrogens with zero attached hydrogens (tertiary/aromatic N) is 1. The summed E-state index contributed by atoms with van der Waals surface area (Å²) in [5.74, 6) is 1.29. The van der Waals surface area contributed by atoms with E-state index >= 15 is 0 Å². The molecule has 4 nitrogen and oxygen atoms in total. The van der Waals surface area contributed by atoms with E-state index in [0.717, 1.165) is 11.5 Å². The maximum absolute atomic E-state index is 11.7. The Morgan fingerprint density at radius 1 is 1.41 bits per heavy atom. The quantitative estimate of drug-likeness (QED) is 0.823. The number of aryl methyl sites for hydroxylation is 2. The highest BCUT2D eigenvalue weighted by Gasteiger charge is 2.17. The highest BCUT2D eigenvalue weighted by Crippen LogP contribution is 2.24. The lowest BCUT2D eigenvalue weighted by Crippen LogP contribution is -2.33. The maximum Gasteiger partial charge on any atom is 0.256 e. The van der Waals surface area contributed by atoms with Crippen LogP contribution in [0, 0.1) is 19.8 Å². The monoisotopic (exact) mass is 256 g/mol. The second-order valence-electron chi connectivity index (χ2n) is 4.52. The largest absolute Gasteiger partial charge is 0.437 e. The summed E-state index contributed by atoms with van der Waals surface area (Å²) in [6.07, 6.45) is 0. The van der Waals surface area contributed by atoms with E-state index in [1.807, 2.05) is 20.8 Å². The molecule has 0 saturated carbocycles. The molecule has 0 aliphatic carbocycles. The van der Waals surface area contributed by atoms with Crippen molar-refractivity contribution in [2.45, 2.75) is 45.1 Å². The van der Waals surface area contributed by atoms with Gasteiger partial charge in [0.1, 0.15) is 5.76 Å². The van der Waals surface area contributed by atoms with E-state index in [-0.39, 0.29) is 11.2 Å². The molecule has 0 bridgehead atoms. The second kappa shape index (κ2) is 6.10. The van der Waals surface area contributed by atoms with Gasteiger partial charge in [0.2, 0.25) is 5.91 Å². The van der Waals surface area contributed by atoms with Crippen LogP contribution in [0.15, 0.2) is 9.64 Å². The third kappa shape index (κ3) is 4.42. The van der Waals surface area contributed by atoms with Gasteiger partial charge in [-0.15, -0.1) is 0 Å². The van der Waals surface area contributed by atoms with E-state index in [0.29, 0.717) is 17.7 Å². The molecule has 0 aliphatic heterocycles. The number of aromatic nitrogens is 1. The Hall–Kier alpha value is -0.970. The van der Waals surface area contributed by atoms with Gasteiger partial charge in [0.15, 0.2) is 0 Å². The summed E-state index contributed by atoms with van der Waals surface area (Å²) >= 11 is 1.35. The molecule has 0 fully saturated rings. The van der Waals surface area contributed by atoms with E-state index in [1.165, 1.54) is 11.8 Å². The highest BCUT2D eigenvalue weighted by molar-refractivity contribution is 8.00. The molecule has 1 heterocycles. The van der Waals surface area contributed by atoms with Crippen molar-refractivity contribution in [3.63, 3.8) is 0 Å². The molecule has 0 spiro atoms. The average molecular weight is 256 g/mol. The number of rotatable bonds is 5. The van der Waals surface area contributed by atoms with Crippen LogP contribution in [-0.4, -0.2) is 22.7 Å². The molecule has 96 valence electrons. The summed E-state index contributed by atoms with van der Waals surface area (Å²) in [5, 5.41) is 3.27. The van der Waals surface area contributed by atoms with E-state index in [9.17, 15) is 4.79 Å². The zero-order valence-corrected chi connectivity index (χ0v) is 11.9. The first-order chi connectivity index (χ1) is 7.90. The molecule has 1 aromatic heterocycles. The zero-order chi connectivity index (χ0) is 13.0. The van der Waals surface area contributed by atoms with Crippen LogP contribution in [0.2, 0.25) is 0 Å². The lowest BCUT2D eigenvalue weighted by atomic mass is 10.2. The van der Waals surface area contributed by atoms with Crippen molar-refractivity contribution >= 4 is 17.7 Å². The third-order valence-corrected chi connectivity index (χ3v) is 3.28. The first-order valence-corrected chi connectivity index (χ1v) is 6.66. The first kappa shape index (κ1) is 14.1. The van der Waals surface area contributed by atoms with E-state index in [1.54, 1.807) is 0 Å². The van der Waals surface area contributed by atoms with Gasteiger partial charge in [0.25, 0.3) is 5.22 Å². The van der Waals surface area contributed by atoms with Crippen LogP contribution < -0.4 is 5.32 Å². The topological polar surface area (TPSA) is 55.1 Å². The number of hydrogen-bond donors (Lipinski definition) is 1. The van der Waals surface area contributed by atoms with Crippen LogP contribution in [0.4, 0.5) is 0 Å². The predicted octanol–water partition coefficient (Wildman–Crippen LogP) is 2.54. The lowest BCUT2D eigenvalue weighted by Gasteiger charge is -2.11. The van der Waals surface area contributed by atoms with Gasteiger partial charge >= 0.3 is 0 Å². The highest BCUT2D eigenvalue weighted by atomic mass is 32.2. The molecule has 1 aromatic rings. The molecule has 1 rings (SSSR count). The Kier molecular flexibility index (Phi) is 5.05. The fourth-order valence-electron chi connectivity index (χ4n) is 1.15. The molecule has 1 amide bonds. The Balaban J connectivity index is 2.48. The minimum atomic E-state index is -0.189. The summed E-state index contributed by atoms with van der Waals surface area (Å²) in [4.78, 5) is 16.0. The van der Waals surface area contributed by atoms with Crippen molar-refractivity contribution in [2.24, 2.45) is 5.92 Å². The average Bonchev–Trinajstić information content (AvgIpc) is 2.54. The number of amides is 1. The standard InChI is InChI=1S/C12H20N2O2S/c1-7(2)6-13-11(15)10(5)17-12-14-8(3)9(4)16-12/h7,10H,6H2,1-5H3,(H,13,15). The number of oxazole rings is 1. The molecule has 0 saturated heterocycles. The van der Waals surface area contributed by atoms with Crippen molar-refractivity contribution in [3.8, 4) is 0 Å². The van der Waals surface area contributed by atoms with Crippen LogP contribution in [0.5, 0.6) is 0 Å². The molecule has 0 aromatic carbocycles. The van der Waals surface area contributed by atoms with Gasteiger partial charge in [-0.25, -0.2) is 4.98 Å². The van der Waals surface area contributed by atoms with Gasteiger partial charge in [0, 0.05) is 6.54 Å². The minimum absolute atomic E-state index is 0.0252. The van der Waals surface area contributed by atoms with E-state index < -0.39 is 0 Å². The second-order valence-corrected chi connectivity index (χ2v) is 5.81. The van der Waals surface area contributed by atoms with E-state index in [2.05, 4.69) is 24.1 Å².